The van der Waals surface area contributed by atoms with Crippen molar-refractivity contribution in [2.45, 2.75) is 13.8 Å². The molecule has 5 nitrogen and oxygen atoms in total. The van der Waals surface area contributed by atoms with Crippen LogP contribution in [0.25, 0.3) is 22.6 Å². The van der Waals surface area contributed by atoms with E-state index < -0.39 is 0 Å². The zero-order valence-electron chi connectivity index (χ0n) is 13.3. The van der Waals surface area contributed by atoms with Gasteiger partial charge in [0.15, 0.2) is 5.58 Å². The quantitative estimate of drug-likeness (QED) is 0.719. The fraction of sp³-hybridized carbons (Fsp3) is 0.167. The number of benzene rings is 2. The predicted octanol–water partition coefficient (Wildman–Crippen LogP) is 4.26. The minimum atomic E-state index is -0.220. The summed E-state index contributed by atoms with van der Waals surface area (Å²) in [6.07, 6.45) is 0. The van der Waals surface area contributed by atoms with E-state index in [1.165, 1.54) is 0 Å². The SMILES string of the molecule is Cc1cccc(-c2nc3cc(NC(=O)CSC#N)cc(C)c3o2)c1. The van der Waals surface area contributed by atoms with Crippen molar-refractivity contribution in [3.8, 4) is 16.9 Å². The third-order valence-corrected chi connectivity index (χ3v) is 4.03. The molecule has 2 aromatic carbocycles. The number of fused-ring (bicyclic) bond motifs is 1. The van der Waals surface area contributed by atoms with E-state index in [1.807, 2.05) is 49.6 Å². The molecule has 1 amide bonds. The van der Waals surface area contributed by atoms with Crippen LogP contribution in [0.3, 0.4) is 0 Å². The second-order valence-electron chi connectivity index (χ2n) is 5.46. The average molecular weight is 337 g/mol. The standard InChI is InChI=1S/C18H15N3O2S/c1-11-4-3-5-13(6-11)18-21-15-8-14(7-12(2)17(15)23-18)20-16(22)9-24-10-19/h3-8H,9H2,1-2H3,(H,20,22). The third kappa shape index (κ3) is 3.42. The van der Waals surface area contributed by atoms with Gasteiger partial charge in [0.05, 0.1) is 5.75 Å². The van der Waals surface area contributed by atoms with Crippen LogP contribution in [-0.2, 0) is 4.79 Å². The van der Waals surface area contributed by atoms with Gasteiger partial charge in [-0.1, -0.05) is 17.7 Å². The molecular formula is C18H15N3O2S. The van der Waals surface area contributed by atoms with E-state index in [4.69, 9.17) is 9.68 Å². The highest BCUT2D eigenvalue weighted by atomic mass is 32.2. The van der Waals surface area contributed by atoms with Gasteiger partial charge in [0.25, 0.3) is 0 Å². The normalized spacial score (nSPS) is 10.5. The van der Waals surface area contributed by atoms with E-state index in [-0.39, 0.29) is 11.7 Å². The number of rotatable bonds is 4. The van der Waals surface area contributed by atoms with Crippen molar-refractivity contribution in [2.75, 3.05) is 11.1 Å². The van der Waals surface area contributed by atoms with Crippen LogP contribution in [0, 0.1) is 24.5 Å². The van der Waals surface area contributed by atoms with Crippen molar-refractivity contribution in [1.82, 2.24) is 4.98 Å². The van der Waals surface area contributed by atoms with Crippen LogP contribution < -0.4 is 5.32 Å². The van der Waals surface area contributed by atoms with E-state index >= 15 is 0 Å². The number of anilines is 1. The number of thiocyanates is 1. The molecule has 0 aliphatic carbocycles. The van der Waals surface area contributed by atoms with Gasteiger partial charge in [-0.25, -0.2) is 4.98 Å². The number of carbonyl (C=O) groups excluding carboxylic acids is 1. The largest absolute Gasteiger partial charge is 0.436 e. The zero-order chi connectivity index (χ0) is 17.1. The molecule has 3 aromatic rings. The van der Waals surface area contributed by atoms with Gasteiger partial charge in [0.2, 0.25) is 11.8 Å². The number of hydrogen-bond acceptors (Lipinski definition) is 5. The molecule has 0 bridgehead atoms. The minimum absolute atomic E-state index is 0.0982. The number of amides is 1. The Kier molecular flexibility index (Phi) is 4.54. The molecule has 0 unspecified atom stereocenters. The third-order valence-electron chi connectivity index (χ3n) is 3.49. The van der Waals surface area contributed by atoms with Gasteiger partial charge in [-0.2, -0.15) is 5.26 Å². The average Bonchev–Trinajstić information content (AvgIpc) is 2.97. The maximum absolute atomic E-state index is 11.8. The number of thioether (sulfide) groups is 1. The zero-order valence-corrected chi connectivity index (χ0v) is 14.1. The number of aryl methyl sites for hydroxylation is 2. The molecule has 0 saturated carbocycles. The first-order valence-electron chi connectivity index (χ1n) is 7.36. The molecule has 6 heteroatoms. The molecular weight excluding hydrogens is 322 g/mol. The van der Waals surface area contributed by atoms with Crippen molar-refractivity contribution >= 4 is 34.5 Å². The van der Waals surface area contributed by atoms with Gasteiger partial charge in [-0.3, -0.25) is 4.79 Å². The van der Waals surface area contributed by atoms with Gasteiger partial charge in [-0.15, -0.1) is 0 Å². The topological polar surface area (TPSA) is 78.9 Å². The summed E-state index contributed by atoms with van der Waals surface area (Å²) >= 11 is 0.905. The van der Waals surface area contributed by atoms with Crippen LogP contribution in [0.1, 0.15) is 11.1 Å². The lowest BCUT2D eigenvalue weighted by Gasteiger charge is -2.04. The lowest BCUT2D eigenvalue weighted by Crippen LogP contribution is -2.13. The number of aromatic nitrogens is 1. The first kappa shape index (κ1) is 16.1. The molecule has 0 aliphatic heterocycles. The molecule has 0 saturated heterocycles. The Hall–Kier alpha value is -2.78. The number of hydrogen-bond donors (Lipinski definition) is 1. The van der Waals surface area contributed by atoms with Crippen LogP contribution in [-0.4, -0.2) is 16.6 Å². The minimum Gasteiger partial charge on any atom is -0.436 e. The first-order chi connectivity index (χ1) is 11.6. The van der Waals surface area contributed by atoms with Gasteiger partial charge >= 0.3 is 0 Å². The fourth-order valence-electron chi connectivity index (χ4n) is 2.47. The Morgan fingerprint density at radius 1 is 1.33 bits per heavy atom. The molecule has 0 radical (unpaired) electrons. The molecule has 1 N–H and O–H groups in total. The van der Waals surface area contributed by atoms with Gasteiger partial charge < -0.3 is 9.73 Å². The molecule has 24 heavy (non-hydrogen) atoms. The molecule has 0 fully saturated rings. The number of carbonyl (C=O) groups is 1. The highest BCUT2D eigenvalue weighted by Gasteiger charge is 2.13. The van der Waals surface area contributed by atoms with Crippen LogP contribution in [0.15, 0.2) is 40.8 Å². The van der Waals surface area contributed by atoms with Crippen LogP contribution in [0.5, 0.6) is 0 Å². The van der Waals surface area contributed by atoms with Crippen LogP contribution >= 0.6 is 11.8 Å². The van der Waals surface area contributed by atoms with E-state index in [0.717, 1.165) is 28.5 Å². The monoisotopic (exact) mass is 337 g/mol. The second-order valence-corrected chi connectivity index (χ2v) is 6.22. The van der Waals surface area contributed by atoms with E-state index in [0.29, 0.717) is 22.7 Å². The highest BCUT2D eigenvalue weighted by Crippen LogP contribution is 2.29. The Bertz CT molecular complexity index is 957. The van der Waals surface area contributed by atoms with E-state index in [1.54, 1.807) is 6.07 Å². The molecule has 1 aromatic heterocycles. The number of nitrogens with zero attached hydrogens (tertiary/aromatic N) is 2. The van der Waals surface area contributed by atoms with Gasteiger partial charge in [-0.05, 0) is 55.4 Å². The summed E-state index contributed by atoms with van der Waals surface area (Å²) in [6, 6.07) is 11.6. The Morgan fingerprint density at radius 3 is 2.92 bits per heavy atom. The van der Waals surface area contributed by atoms with E-state index in [2.05, 4.69) is 10.3 Å². The molecule has 1 heterocycles. The summed E-state index contributed by atoms with van der Waals surface area (Å²) in [5.74, 6) is 0.434. The Labute approximate surface area is 143 Å². The summed E-state index contributed by atoms with van der Waals surface area (Å²) in [7, 11) is 0. The highest BCUT2D eigenvalue weighted by molar-refractivity contribution is 8.04. The van der Waals surface area contributed by atoms with Crippen molar-refractivity contribution in [2.24, 2.45) is 0 Å². The molecule has 3 rings (SSSR count). The van der Waals surface area contributed by atoms with Crippen LogP contribution in [0.4, 0.5) is 5.69 Å². The van der Waals surface area contributed by atoms with Gasteiger partial charge in [0, 0.05) is 11.3 Å². The number of nitrogens with one attached hydrogen (secondary N) is 1. The predicted molar refractivity (Wildman–Crippen MR) is 95.6 cm³/mol. The van der Waals surface area contributed by atoms with E-state index in [9.17, 15) is 4.79 Å². The smallest absolute Gasteiger partial charge is 0.235 e. The summed E-state index contributed by atoms with van der Waals surface area (Å²) in [6.45, 7) is 3.93. The summed E-state index contributed by atoms with van der Waals surface area (Å²) in [4.78, 5) is 16.3. The van der Waals surface area contributed by atoms with Crippen LogP contribution in [0.2, 0.25) is 0 Å². The van der Waals surface area contributed by atoms with Crippen molar-refractivity contribution in [3.63, 3.8) is 0 Å². The first-order valence-corrected chi connectivity index (χ1v) is 8.34. The van der Waals surface area contributed by atoms with Gasteiger partial charge in [0.1, 0.15) is 10.9 Å². The Balaban J connectivity index is 1.94. The molecule has 120 valence electrons. The second kappa shape index (κ2) is 6.77. The number of nitriles is 1. The molecule has 0 atom stereocenters. The fourth-order valence-corrected chi connectivity index (χ4v) is 2.74. The lowest BCUT2D eigenvalue weighted by molar-refractivity contribution is -0.113. The summed E-state index contributed by atoms with van der Waals surface area (Å²) in [5, 5.41) is 13.2. The molecule has 0 spiro atoms. The number of oxazole rings is 1. The summed E-state index contributed by atoms with van der Waals surface area (Å²) in [5.41, 5.74) is 4.98. The van der Waals surface area contributed by atoms with Crippen molar-refractivity contribution < 1.29 is 9.21 Å². The maximum atomic E-state index is 11.8. The van der Waals surface area contributed by atoms with Crippen molar-refractivity contribution in [3.05, 3.63) is 47.5 Å². The van der Waals surface area contributed by atoms with Crippen molar-refractivity contribution in [1.29, 1.82) is 5.26 Å². The Morgan fingerprint density at radius 2 is 2.17 bits per heavy atom. The summed E-state index contributed by atoms with van der Waals surface area (Å²) < 4.78 is 5.89. The molecule has 0 aliphatic rings. The lowest BCUT2D eigenvalue weighted by atomic mass is 10.1. The maximum Gasteiger partial charge on any atom is 0.235 e.